The van der Waals surface area contributed by atoms with E-state index in [1.54, 1.807) is 43.5 Å². The first kappa shape index (κ1) is 27.4. The first-order chi connectivity index (χ1) is 19.4. The highest BCUT2D eigenvalue weighted by Crippen LogP contribution is 2.26. The van der Waals surface area contributed by atoms with Gasteiger partial charge in [0, 0.05) is 41.2 Å². The molecule has 3 aromatic carbocycles. The van der Waals surface area contributed by atoms with Gasteiger partial charge in [-0.15, -0.1) is 0 Å². The summed E-state index contributed by atoms with van der Waals surface area (Å²) in [7, 11) is 1.57. The zero-order valence-electron chi connectivity index (χ0n) is 22.5. The van der Waals surface area contributed by atoms with Crippen molar-refractivity contribution < 1.29 is 19.1 Å². The second kappa shape index (κ2) is 12.4. The molecule has 2 amide bonds. The molecule has 1 atom stereocenters. The summed E-state index contributed by atoms with van der Waals surface area (Å²) in [6.45, 7) is 2.84. The number of anilines is 1. The van der Waals surface area contributed by atoms with Crippen LogP contribution in [0.1, 0.15) is 28.8 Å². The number of nitrogens with zero attached hydrogens (tertiary/aromatic N) is 3. The average Bonchev–Trinajstić information content (AvgIpc) is 3.63. The number of rotatable bonds is 9. The molecule has 1 aromatic heterocycles. The van der Waals surface area contributed by atoms with Crippen molar-refractivity contribution >= 4 is 29.4 Å². The van der Waals surface area contributed by atoms with Crippen LogP contribution in [0, 0.1) is 6.92 Å². The Morgan fingerprint density at radius 1 is 1.07 bits per heavy atom. The van der Waals surface area contributed by atoms with Crippen LogP contribution >= 0.6 is 11.6 Å². The van der Waals surface area contributed by atoms with Gasteiger partial charge in [0.25, 0.3) is 5.91 Å². The minimum Gasteiger partial charge on any atom is -0.497 e. The number of carbonyl (C=O) groups excluding carboxylic acids is 2. The minimum absolute atomic E-state index is 0.110. The normalized spacial score (nSPS) is 14.6. The summed E-state index contributed by atoms with van der Waals surface area (Å²) in [5, 5.41) is 3.57. The number of halogens is 1. The highest BCUT2D eigenvalue weighted by Gasteiger charge is 2.26. The van der Waals surface area contributed by atoms with Crippen molar-refractivity contribution in [2.45, 2.75) is 25.9 Å². The Bertz CT molecular complexity index is 1460. The molecule has 0 unspecified atom stereocenters. The Labute approximate surface area is 238 Å². The molecule has 2 heterocycles. The lowest BCUT2D eigenvalue weighted by Gasteiger charge is -2.25. The van der Waals surface area contributed by atoms with E-state index in [4.69, 9.17) is 26.1 Å². The van der Waals surface area contributed by atoms with Crippen LogP contribution in [0.25, 0.3) is 16.9 Å². The number of amides is 2. The number of hydrogen-bond acceptors (Lipinski definition) is 5. The van der Waals surface area contributed by atoms with Gasteiger partial charge in [0.2, 0.25) is 11.9 Å². The third kappa shape index (κ3) is 6.52. The van der Waals surface area contributed by atoms with E-state index in [1.807, 2.05) is 54.1 Å². The standard InChI is InChI=1S/C31H31ClN4O4/c1-21-5-13-25(14-6-21)36-19-28(22-7-11-24(32)12-8-22)33-31(36)34-29(37)20-35(18-27-4-3-17-40-27)30(38)23-9-15-26(39-2)16-10-23/h5-16,19,27H,3-4,17-18,20H2,1-2H3,(H,33,34,37)/t27-/m0/s1. The van der Waals surface area contributed by atoms with E-state index < -0.39 is 0 Å². The van der Waals surface area contributed by atoms with Crippen LogP contribution in [0.15, 0.2) is 79.0 Å². The predicted octanol–water partition coefficient (Wildman–Crippen LogP) is 5.77. The molecule has 0 radical (unpaired) electrons. The van der Waals surface area contributed by atoms with Gasteiger partial charge in [0.15, 0.2) is 0 Å². The molecule has 9 heteroatoms. The quantitative estimate of drug-likeness (QED) is 0.282. The lowest BCUT2D eigenvalue weighted by atomic mass is 10.1. The molecular formula is C31H31ClN4O4. The summed E-state index contributed by atoms with van der Waals surface area (Å²) >= 11 is 6.08. The molecule has 206 valence electrons. The van der Waals surface area contributed by atoms with Gasteiger partial charge in [-0.2, -0.15) is 0 Å². The molecule has 1 aliphatic rings. The molecule has 0 spiro atoms. The fourth-order valence-electron chi connectivity index (χ4n) is 4.64. The zero-order valence-corrected chi connectivity index (χ0v) is 23.2. The van der Waals surface area contributed by atoms with Gasteiger partial charge in [0.05, 0.1) is 18.9 Å². The van der Waals surface area contributed by atoms with E-state index in [9.17, 15) is 9.59 Å². The minimum atomic E-state index is -0.360. The van der Waals surface area contributed by atoms with Crippen LogP contribution in [0.5, 0.6) is 5.75 Å². The van der Waals surface area contributed by atoms with Crippen molar-refractivity contribution in [3.05, 3.63) is 95.1 Å². The summed E-state index contributed by atoms with van der Waals surface area (Å²) in [4.78, 5) is 33.2. The molecule has 1 saturated heterocycles. The van der Waals surface area contributed by atoms with Crippen LogP contribution < -0.4 is 10.1 Å². The monoisotopic (exact) mass is 558 g/mol. The molecular weight excluding hydrogens is 528 g/mol. The van der Waals surface area contributed by atoms with Gasteiger partial charge in [-0.25, -0.2) is 4.98 Å². The Kier molecular flexibility index (Phi) is 8.48. The van der Waals surface area contributed by atoms with Crippen molar-refractivity contribution in [1.82, 2.24) is 14.5 Å². The SMILES string of the molecule is COc1ccc(C(=O)N(CC(=O)Nc2nc(-c3ccc(Cl)cc3)cn2-c2ccc(C)cc2)C[C@@H]2CCCO2)cc1. The van der Waals surface area contributed by atoms with E-state index in [-0.39, 0.29) is 24.5 Å². The maximum absolute atomic E-state index is 13.5. The van der Waals surface area contributed by atoms with Gasteiger partial charge in [0.1, 0.15) is 12.3 Å². The van der Waals surface area contributed by atoms with Gasteiger partial charge in [-0.1, -0.05) is 41.4 Å². The maximum atomic E-state index is 13.5. The smallest absolute Gasteiger partial charge is 0.254 e. The Morgan fingerprint density at radius 2 is 1.80 bits per heavy atom. The van der Waals surface area contributed by atoms with Crippen molar-refractivity contribution in [3.8, 4) is 22.7 Å². The van der Waals surface area contributed by atoms with Gasteiger partial charge < -0.3 is 14.4 Å². The van der Waals surface area contributed by atoms with Crippen LogP contribution in [0.2, 0.25) is 5.02 Å². The summed E-state index contributed by atoms with van der Waals surface area (Å²) in [5.74, 6) is 0.394. The van der Waals surface area contributed by atoms with E-state index in [1.165, 1.54) is 4.90 Å². The van der Waals surface area contributed by atoms with Gasteiger partial charge in [-0.05, 0) is 68.3 Å². The van der Waals surface area contributed by atoms with E-state index in [0.717, 1.165) is 29.7 Å². The van der Waals surface area contributed by atoms with Crippen molar-refractivity contribution in [3.63, 3.8) is 0 Å². The van der Waals surface area contributed by atoms with Gasteiger partial charge >= 0.3 is 0 Å². The fraction of sp³-hybridized carbons (Fsp3) is 0.258. The summed E-state index contributed by atoms with van der Waals surface area (Å²) in [6, 6.07) is 22.2. The molecule has 1 N–H and O–H groups in total. The Balaban J connectivity index is 1.40. The first-order valence-corrected chi connectivity index (χ1v) is 13.5. The van der Waals surface area contributed by atoms with Crippen LogP contribution in [-0.4, -0.2) is 59.2 Å². The molecule has 40 heavy (non-hydrogen) atoms. The fourth-order valence-corrected chi connectivity index (χ4v) is 4.76. The number of hydrogen-bond donors (Lipinski definition) is 1. The molecule has 8 nitrogen and oxygen atoms in total. The van der Waals surface area contributed by atoms with E-state index >= 15 is 0 Å². The number of aromatic nitrogens is 2. The second-order valence-corrected chi connectivity index (χ2v) is 10.2. The number of ether oxygens (including phenoxy) is 2. The van der Waals surface area contributed by atoms with E-state index in [2.05, 4.69) is 5.32 Å². The average molecular weight is 559 g/mol. The number of methoxy groups -OCH3 is 1. The Hall–Kier alpha value is -4.14. The largest absolute Gasteiger partial charge is 0.497 e. The molecule has 1 aliphatic heterocycles. The van der Waals surface area contributed by atoms with Crippen LogP contribution in [-0.2, 0) is 9.53 Å². The topological polar surface area (TPSA) is 85.7 Å². The predicted molar refractivity (Wildman–Crippen MR) is 155 cm³/mol. The van der Waals surface area contributed by atoms with Crippen molar-refractivity contribution in [2.24, 2.45) is 0 Å². The van der Waals surface area contributed by atoms with Crippen LogP contribution in [0.4, 0.5) is 5.95 Å². The molecule has 0 saturated carbocycles. The van der Waals surface area contributed by atoms with Crippen molar-refractivity contribution in [2.75, 3.05) is 32.1 Å². The number of carbonyl (C=O) groups is 2. The highest BCUT2D eigenvalue weighted by molar-refractivity contribution is 6.30. The summed E-state index contributed by atoms with van der Waals surface area (Å²) in [5.41, 5.74) is 3.98. The molecule has 0 bridgehead atoms. The lowest BCUT2D eigenvalue weighted by Crippen LogP contribution is -2.42. The first-order valence-electron chi connectivity index (χ1n) is 13.2. The number of aryl methyl sites for hydroxylation is 1. The Morgan fingerprint density at radius 3 is 2.45 bits per heavy atom. The van der Waals surface area contributed by atoms with E-state index in [0.29, 0.717) is 41.1 Å². The summed E-state index contributed by atoms with van der Waals surface area (Å²) in [6.07, 6.45) is 3.54. The lowest BCUT2D eigenvalue weighted by molar-refractivity contribution is -0.117. The second-order valence-electron chi connectivity index (χ2n) is 9.76. The third-order valence-corrected chi connectivity index (χ3v) is 7.07. The highest BCUT2D eigenvalue weighted by atomic mass is 35.5. The van der Waals surface area contributed by atoms with Gasteiger partial charge in [-0.3, -0.25) is 19.5 Å². The number of benzene rings is 3. The number of imidazole rings is 1. The maximum Gasteiger partial charge on any atom is 0.254 e. The van der Waals surface area contributed by atoms with Crippen LogP contribution in [0.3, 0.4) is 0 Å². The van der Waals surface area contributed by atoms with Crippen molar-refractivity contribution in [1.29, 1.82) is 0 Å². The molecule has 0 aliphatic carbocycles. The third-order valence-electron chi connectivity index (χ3n) is 6.82. The number of nitrogens with one attached hydrogen (secondary N) is 1. The molecule has 4 aromatic rings. The molecule has 5 rings (SSSR count). The zero-order chi connectivity index (χ0) is 28.1. The molecule has 1 fully saturated rings. The summed E-state index contributed by atoms with van der Waals surface area (Å²) < 4.78 is 12.8.